The van der Waals surface area contributed by atoms with Gasteiger partial charge in [0.25, 0.3) is 0 Å². The van der Waals surface area contributed by atoms with Crippen molar-refractivity contribution in [2.24, 2.45) is 0 Å². The van der Waals surface area contributed by atoms with Crippen LogP contribution in [0.4, 0.5) is 13.2 Å². The average Bonchev–Trinajstić information content (AvgIpc) is 3.10. The summed E-state index contributed by atoms with van der Waals surface area (Å²) in [5.74, 6) is -1.35. The Hall–Kier alpha value is -3.00. The van der Waals surface area contributed by atoms with Crippen LogP contribution in [0.5, 0.6) is 0 Å². The zero-order chi connectivity index (χ0) is 21.5. The first-order valence-corrected chi connectivity index (χ1v) is 10.5. The number of hydrogen-bond donors (Lipinski definition) is 0. The molecule has 1 atom stereocenters. The maximum atomic E-state index is 12.7. The first-order valence-electron chi connectivity index (χ1n) is 9.18. The number of aromatic nitrogens is 3. The predicted molar refractivity (Wildman–Crippen MR) is 111 cm³/mol. The number of pyridine rings is 1. The molecule has 0 radical (unpaired) electrons. The van der Waals surface area contributed by atoms with Gasteiger partial charge < -0.3 is 0 Å². The molecule has 4 rings (SSSR count). The van der Waals surface area contributed by atoms with Crippen molar-refractivity contribution in [2.45, 2.75) is 24.9 Å². The lowest BCUT2D eigenvalue weighted by Crippen LogP contribution is -2.19. The first kappa shape index (κ1) is 20.3. The van der Waals surface area contributed by atoms with Crippen molar-refractivity contribution in [1.82, 2.24) is 14.8 Å². The number of rotatable bonds is 4. The third-order valence-electron chi connectivity index (χ3n) is 4.79. The smallest absolute Gasteiger partial charge is 0.262 e. The van der Waals surface area contributed by atoms with Crippen molar-refractivity contribution in [3.8, 4) is 16.8 Å². The van der Waals surface area contributed by atoms with Crippen molar-refractivity contribution in [3.63, 3.8) is 0 Å². The third-order valence-corrected chi connectivity index (χ3v) is 6.31. The molecule has 4 aromatic rings. The summed E-state index contributed by atoms with van der Waals surface area (Å²) in [5.41, 5.74) is 4.68. The molecule has 1 unspecified atom stereocenters. The highest BCUT2D eigenvalue weighted by atomic mass is 32.2. The summed E-state index contributed by atoms with van der Waals surface area (Å²) < 4.78 is 52.3. The molecule has 30 heavy (non-hydrogen) atoms. The Bertz CT molecular complexity index is 1250. The molecule has 0 saturated heterocycles. The van der Waals surface area contributed by atoms with Gasteiger partial charge in [0.05, 0.1) is 28.2 Å². The van der Waals surface area contributed by atoms with Crippen LogP contribution in [0, 0.1) is 13.8 Å². The molecule has 0 amide bonds. The summed E-state index contributed by atoms with van der Waals surface area (Å²) in [6, 6.07) is 12.8. The largest absolute Gasteiger partial charge is 0.400 e. The number of fused-ring (bicyclic) bond motifs is 1. The molecular weight excluding hydrogens is 411 g/mol. The fraction of sp³-hybridized carbons (Fsp3) is 0.182. The number of hydrogen-bond acceptors (Lipinski definition) is 3. The Balaban J connectivity index is 1.76. The fourth-order valence-electron chi connectivity index (χ4n) is 3.43. The summed E-state index contributed by atoms with van der Waals surface area (Å²) in [5, 5.41) is 5.43. The summed E-state index contributed by atoms with van der Waals surface area (Å²) in [4.78, 5) is 4.31. The lowest BCUT2D eigenvalue weighted by atomic mass is 9.98. The van der Waals surface area contributed by atoms with Crippen molar-refractivity contribution < 1.29 is 17.4 Å². The van der Waals surface area contributed by atoms with Crippen LogP contribution in [-0.4, -0.2) is 30.9 Å². The Morgan fingerprint density at radius 1 is 1.07 bits per heavy atom. The van der Waals surface area contributed by atoms with Crippen LogP contribution in [0.3, 0.4) is 0 Å². The minimum atomic E-state index is -4.48. The van der Waals surface area contributed by atoms with Gasteiger partial charge in [0, 0.05) is 22.7 Å². The number of alkyl halides is 3. The van der Waals surface area contributed by atoms with Crippen LogP contribution in [0.2, 0.25) is 0 Å². The summed E-state index contributed by atoms with van der Waals surface area (Å²) in [6.07, 6.45) is 0.786. The van der Waals surface area contributed by atoms with Crippen molar-refractivity contribution >= 4 is 21.7 Å². The van der Waals surface area contributed by atoms with E-state index in [0.717, 1.165) is 33.3 Å². The third kappa shape index (κ3) is 4.14. The molecule has 0 bridgehead atoms. The van der Waals surface area contributed by atoms with E-state index in [2.05, 4.69) is 10.1 Å². The van der Waals surface area contributed by atoms with Crippen LogP contribution in [-0.2, 0) is 10.8 Å². The van der Waals surface area contributed by atoms with E-state index >= 15 is 0 Å². The van der Waals surface area contributed by atoms with Gasteiger partial charge in [-0.1, -0.05) is 12.1 Å². The van der Waals surface area contributed by atoms with E-state index in [-0.39, 0.29) is 4.90 Å². The molecule has 0 fully saturated rings. The van der Waals surface area contributed by atoms with E-state index in [9.17, 15) is 17.4 Å². The molecule has 0 aliphatic rings. The number of aryl methyl sites for hydroxylation is 2. The molecule has 4 nitrogen and oxygen atoms in total. The molecule has 0 spiro atoms. The van der Waals surface area contributed by atoms with Crippen molar-refractivity contribution in [2.75, 3.05) is 5.75 Å². The summed E-state index contributed by atoms with van der Waals surface area (Å²) in [7, 11) is -2.15. The lowest BCUT2D eigenvalue weighted by molar-refractivity contribution is -0.105. The Morgan fingerprint density at radius 2 is 1.87 bits per heavy atom. The van der Waals surface area contributed by atoms with E-state index in [0.29, 0.717) is 5.56 Å². The van der Waals surface area contributed by atoms with Crippen LogP contribution in [0.25, 0.3) is 27.7 Å². The Labute approximate surface area is 173 Å². The monoisotopic (exact) mass is 429 g/mol. The molecule has 0 N–H and O–H groups in total. The highest BCUT2D eigenvalue weighted by Gasteiger charge is 2.31. The zero-order valence-corrected chi connectivity index (χ0v) is 17.1. The maximum absolute atomic E-state index is 12.7. The Kier molecular flexibility index (Phi) is 5.19. The van der Waals surface area contributed by atoms with E-state index in [1.165, 1.54) is 0 Å². The molecule has 2 aromatic heterocycles. The van der Waals surface area contributed by atoms with E-state index in [1.807, 2.05) is 43.5 Å². The molecule has 154 valence electrons. The standard InChI is InChI=1S/C22H18F3N3OS/c1-14-8-15(2)21(30(29)13-22(23,24)25)10-19(14)16-5-6-20-17(9-16)12-28(27-20)18-4-3-7-26-11-18/h3-12H,13H2,1-2H3. The lowest BCUT2D eigenvalue weighted by Gasteiger charge is -2.13. The Morgan fingerprint density at radius 3 is 2.57 bits per heavy atom. The van der Waals surface area contributed by atoms with Gasteiger partial charge in [-0.15, -0.1) is 0 Å². The quantitative estimate of drug-likeness (QED) is 0.438. The average molecular weight is 429 g/mol. The molecule has 0 saturated carbocycles. The van der Waals surface area contributed by atoms with E-state index in [1.54, 1.807) is 36.1 Å². The normalized spacial score (nSPS) is 13.0. The van der Waals surface area contributed by atoms with Crippen molar-refractivity contribution in [3.05, 3.63) is 72.2 Å². The van der Waals surface area contributed by atoms with Gasteiger partial charge in [-0.25, -0.2) is 4.68 Å². The van der Waals surface area contributed by atoms with Crippen LogP contribution >= 0.6 is 0 Å². The van der Waals surface area contributed by atoms with E-state index in [4.69, 9.17) is 0 Å². The molecular formula is C22H18F3N3OS. The number of nitrogens with zero attached hydrogens (tertiary/aromatic N) is 3. The first-order chi connectivity index (χ1) is 14.2. The van der Waals surface area contributed by atoms with Crippen LogP contribution in [0.1, 0.15) is 11.1 Å². The van der Waals surface area contributed by atoms with Gasteiger partial charge in [-0.3, -0.25) is 9.19 Å². The zero-order valence-electron chi connectivity index (χ0n) is 16.3. The second-order valence-electron chi connectivity index (χ2n) is 7.10. The number of benzene rings is 2. The molecule has 2 heterocycles. The highest BCUT2D eigenvalue weighted by molar-refractivity contribution is 7.85. The second kappa shape index (κ2) is 7.68. The van der Waals surface area contributed by atoms with Crippen LogP contribution in [0.15, 0.2) is 66.0 Å². The minimum absolute atomic E-state index is 0.207. The summed E-state index contributed by atoms with van der Waals surface area (Å²) in [6.45, 7) is 3.57. The summed E-state index contributed by atoms with van der Waals surface area (Å²) >= 11 is 0. The minimum Gasteiger partial charge on any atom is -0.262 e. The molecule has 0 aliphatic heterocycles. The van der Waals surface area contributed by atoms with Crippen LogP contribution < -0.4 is 0 Å². The predicted octanol–water partition coefficient (Wildman–Crippen LogP) is 5.37. The van der Waals surface area contributed by atoms with Gasteiger partial charge in [0.15, 0.2) is 0 Å². The second-order valence-corrected chi connectivity index (χ2v) is 8.52. The SMILES string of the molecule is Cc1cc(C)c(S(=O)CC(F)(F)F)cc1-c1ccc2nn(-c3cccnc3)cc2c1. The molecule has 8 heteroatoms. The number of halogens is 3. The van der Waals surface area contributed by atoms with Gasteiger partial charge in [-0.2, -0.15) is 18.3 Å². The molecule has 2 aromatic carbocycles. The molecule has 0 aliphatic carbocycles. The fourth-order valence-corrected chi connectivity index (χ4v) is 4.55. The highest BCUT2D eigenvalue weighted by Crippen LogP contribution is 2.32. The topological polar surface area (TPSA) is 47.8 Å². The maximum Gasteiger partial charge on any atom is 0.400 e. The van der Waals surface area contributed by atoms with Gasteiger partial charge in [0.1, 0.15) is 5.75 Å². The van der Waals surface area contributed by atoms with Gasteiger partial charge >= 0.3 is 6.18 Å². The van der Waals surface area contributed by atoms with E-state index < -0.39 is 22.7 Å². The van der Waals surface area contributed by atoms with Gasteiger partial charge in [0.2, 0.25) is 0 Å². The van der Waals surface area contributed by atoms with Crippen molar-refractivity contribution in [1.29, 1.82) is 0 Å². The van der Waals surface area contributed by atoms with Gasteiger partial charge in [-0.05, 0) is 66.4 Å².